The molecule has 2 aromatic rings. The number of rotatable bonds is 6. The number of hydrogen-bond acceptors (Lipinski definition) is 5. The molecule has 0 saturated carbocycles. The van der Waals surface area contributed by atoms with E-state index in [0.29, 0.717) is 0 Å². The number of nitrogens with zero attached hydrogens (tertiary/aromatic N) is 2. The number of aromatic nitrogens is 1. The summed E-state index contributed by atoms with van der Waals surface area (Å²) in [5.41, 5.74) is 0.419. The zero-order chi connectivity index (χ0) is 18.4. The SMILES string of the molecule is CCOC(=O)CN(C)C(=O)c1ccncc1C(=O)c1ccc(F)cc1. The van der Waals surface area contributed by atoms with Crippen molar-refractivity contribution >= 4 is 17.7 Å². The van der Waals surface area contributed by atoms with E-state index in [0.717, 1.165) is 17.0 Å². The molecule has 0 aliphatic carbocycles. The van der Waals surface area contributed by atoms with Gasteiger partial charge in [0.1, 0.15) is 12.4 Å². The predicted octanol–water partition coefficient (Wildman–Crippen LogP) is 2.09. The minimum Gasteiger partial charge on any atom is -0.465 e. The number of likely N-dealkylation sites (N-methyl/N-ethyl adjacent to an activating group) is 1. The molecule has 0 bridgehead atoms. The van der Waals surface area contributed by atoms with Crippen LogP contribution in [0.25, 0.3) is 0 Å². The van der Waals surface area contributed by atoms with Crippen molar-refractivity contribution in [1.82, 2.24) is 9.88 Å². The Morgan fingerprint density at radius 2 is 1.80 bits per heavy atom. The molecule has 0 aliphatic heterocycles. The summed E-state index contributed by atoms with van der Waals surface area (Å²) in [5, 5.41) is 0. The van der Waals surface area contributed by atoms with Gasteiger partial charge in [-0.2, -0.15) is 0 Å². The molecule has 0 atom stereocenters. The van der Waals surface area contributed by atoms with Gasteiger partial charge in [0.05, 0.1) is 17.7 Å². The van der Waals surface area contributed by atoms with Gasteiger partial charge in [0.15, 0.2) is 5.78 Å². The second-order valence-electron chi connectivity index (χ2n) is 5.22. The van der Waals surface area contributed by atoms with Gasteiger partial charge >= 0.3 is 5.97 Å². The minimum absolute atomic E-state index is 0.0785. The van der Waals surface area contributed by atoms with Gasteiger partial charge in [-0.3, -0.25) is 19.4 Å². The van der Waals surface area contributed by atoms with Crippen LogP contribution in [0.1, 0.15) is 33.2 Å². The Balaban J connectivity index is 2.28. The summed E-state index contributed by atoms with van der Waals surface area (Å²) < 4.78 is 17.8. The molecule has 0 unspecified atom stereocenters. The third-order valence-corrected chi connectivity index (χ3v) is 3.42. The lowest BCUT2D eigenvalue weighted by Crippen LogP contribution is -2.34. The molecule has 0 spiro atoms. The van der Waals surface area contributed by atoms with Gasteiger partial charge in [0.25, 0.3) is 5.91 Å². The number of carbonyl (C=O) groups excluding carboxylic acids is 3. The van der Waals surface area contributed by atoms with Gasteiger partial charge < -0.3 is 9.64 Å². The van der Waals surface area contributed by atoms with Gasteiger partial charge in [-0.15, -0.1) is 0 Å². The number of pyridine rings is 1. The summed E-state index contributed by atoms with van der Waals surface area (Å²) in [7, 11) is 1.44. The lowest BCUT2D eigenvalue weighted by molar-refractivity contribution is -0.143. The molecule has 0 aliphatic rings. The van der Waals surface area contributed by atoms with Crippen LogP contribution in [0, 0.1) is 5.82 Å². The number of esters is 1. The monoisotopic (exact) mass is 344 g/mol. The number of carbonyl (C=O) groups is 3. The fourth-order valence-corrected chi connectivity index (χ4v) is 2.20. The summed E-state index contributed by atoms with van der Waals surface area (Å²) >= 11 is 0. The molecule has 0 radical (unpaired) electrons. The zero-order valence-electron chi connectivity index (χ0n) is 13.9. The topological polar surface area (TPSA) is 76.6 Å². The van der Waals surface area contributed by atoms with E-state index in [-0.39, 0.29) is 29.8 Å². The molecule has 25 heavy (non-hydrogen) atoms. The summed E-state index contributed by atoms with van der Waals surface area (Å²) in [6.45, 7) is 1.64. The van der Waals surface area contributed by atoms with Crippen LogP contribution in [0.4, 0.5) is 4.39 Å². The number of benzene rings is 1. The summed E-state index contributed by atoms with van der Waals surface area (Å²) in [6, 6.07) is 6.40. The molecule has 2 rings (SSSR count). The lowest BCUT2D eigenvalue weighted by Gasteiger charge is -2.17. The van der Waals surface area contributed by atoms with Crippen molar-refractivity contribution in [3.63, 3.8) is 0 Å². The molecular weight excluding hydrogens is 327 g/mol. The summed E-state index contributed by atoms with van der Waals surface area (Å²) in [4.78, 5) is 41.8. The fourth-order valence-electron chi connectivity index (χ4n) is 2.20. The van der Waals surface area contributed by atoms with Crippen LogP contribution >= 0.6 is 0 Å². The van der Waals surface area contributed by atoms with Crippen LogP contribution in [0.5, 0.6) is 0 Å². The molecular formula is C18H17FN2O4. The van der Waals surface area contributed by atoms with Crippen LogP contribution in [0.2, 0.25) is 0 Å². The Bertz CT molecular complexity index is 790. The molecule has 0 N–H and O–H groups in total. The molecule has 1 aromatic heterocycles. The average molecular weight is 344 g/mol. The molecule has 130 valence electrons. The fraction of sp³-hybridized carbons (Fsp3) is 0.222. The maximum absolute atomic E-state index is 13.0. The van der Waals surface area contributed by atoms with Crippen molar-refractivity contribution in [2.24, 2.45) is 0 Å². The smallest absolute Gasteiger partial charge is 0.325 e. The van der Waals surface area contributed by atoms with Crippen molar-refractivity contribution in [1.29, 1.82) is 0 Å². The average Bonchev–Trinajstić information content (AvgIpc) is 2.61. The van der Waals surface area contributed by atoms with E-state index in [9.17, 15) is 18.8 Å². The predicted molar refractivity (Wildman–Crippen MR) is 87.7 cm³/mol. The first kappa shape index (κ1) is 18.3. The van der Waals surface area contributed by atoms with E-state index in [1.807, 2.05) is 0 Å². The maximum Gasteiger partial charge on any atom is 0.325 e. The largest absolute Gasteiger partial charge is 0.465 e. The van der Waals surface area contributed by atoms with Crippen LogP contribution in [-0.2, 0) is 9.53 Å². The van der Waals surface area contributed by atoms with E-state index in [1.165, 1.54) is 37.6 Å². The number of amides is 1. The lowest BCUT2D eigenvalue weighted by atomic mass is 9.99. The van der Waals surface area contributed by atoms with Crippen molar-refractivity contribution < 1.29 is 23.5 Å². The third-order valence-electron chi connectivity index (χ3n) is 3.42. The Morgan fingerprint density at radius 1 is 1.12 bits per heavy atom. The molecule has 1 aromatic carbocycles. The summed E-state index contributed by atoms with van der Waals surface area (Å²) in [5.74, 6) is -1.98. The second kappa shape index (κ2) is 8.14. The molecule has 1 heterocycles. The molecule has 6 nitrogen and oxygen atoms in total. The van der Waals surface area contributed by atoms with Crippen molar-refractivity contribution in [3.8, 4) is 0 Å². The first-order chi connectivity index (χ1) is 11.9. The highest BCUT2D eigenvalue weighted by molar-refractivity contribution is 6.15. The van der Waals surface area contributed by atoms with Crippen LogP contribution in [0.3, 0.4) is 0 Å². The van der Waals surface area contributed by atoms with Gasteiger partial charge in [-0.05, 0) is 37.3 Å². The van der Waals surface area contributed by atoms with Gasteiger partial charge in [-0.25, -0.2) is 4.39 Å². The Labute approximate surface area is 144 Å². The first-order valence-electron chi connectivity index (χ1n) is 7.59. The summed E-state index contributed by atoms with van der Waals surface area (Å²) in [6.07, 6.45) is 2.66. The highest BCUT2D eigenvalue weighted by atomic mass is 19.1. The van der Waals surface area contributed by atoms with E-state index in [4.69, 9.17) is 4.74 Å². The normalized spacial score (nSPS) is 10.2. The van der Waals surface area contributed by atoms with E-state index in [1.54, 1.807) is 6.92 Å². The number of ether oxygens (including phenoxy) is 1. The molecule has 0 saturated heterocycles. The van der Waals surface area contributed by atoms with Crippen molar-refractivity contribution in [2.75, 3.05) is 20.2 Å². The van der Waals surface area contributed by atoms with E-state index < -0.39 is 23.5 Å². The second-order valence-corrected chi connectivity index (χ2v) is 5.22. The third kappa shape index (κ3) is 4.47. The number of ketones is 1. The van der Waals surface area contributed by atoms with Gasteiger partial charge in [0, 0.05) is 25.0 Å². The van der Waals surface area contributed by atoms with Crippen molar-refractivity contribution in [3.05, 3.63) is 65.2 Å². The molecule has 1 amide bonds. The van der Waals surface area contributed by atoms with Crippen LogP contribution in [0.15, 0.2) is 42.7 Å². The Kier molecular flexibility index (Phi) is 5.94. The number of hydrogen-bond donors (Lipinski definition) is 0. The van der Waals surface area contributed by atoms with Crippen molar-refractivity contribution in [2.45, 2.75) is 6.92 Å². The van der Waals surface area contributed by atoms with Crippen LogP contribution < -0.4 is 0 Å². The Hall–Kier alpha value is -3.09. The molecule has 7 heteroatoms. The standard InChI is InChI=1S/C18H17FN2O4/c1-3-25-16(22)11-21(2)18(24)14-8-9-20-10-15(14)17(23)12-4-6-13(19)7-5-12/h4-10H,3,11H2,1-2H3. The highest BCUT2D eigenvalue weighted by Crippen LogP contribution is 2.16. The number of halogens is 1. The Morgan fingerprint density at radius 3 is 2.44 bits per heavy atom. The zero-order valence-corrected chi connectivity index (χ0v) is 13.9. The van der Waals surface area contributed by atoms with E-state index >= 15 is 0 Å². The van der Waals surface area contributed by atoms with Gasteiger partial charge in [0.2, 0.25) is 0 Å². The maximum atomic E-state index is 13.0. The first-order valence-corrected chi connectivity index (χ1v) is 7.59. The van der Waals surface area contributed by atoms with Crippen LogP contribution in [-0.4, -0.2) is 47.7 Å². The van der Waals surface area contributed by atoms with E-state index in [2.05, 4.69) is 4.98 Å². The van der Waals surface area contributed by atoms with Gasteiger partial charge in [-0.1, -0.05) is 0 Å². The highest BCUT2D eigenvalue weighted by Gasteiger charge is 2.22. The quantitative estimate of drug-likeness (QED) is 0.592. The molecule has 0 fully saturated rings. The minimum atomic E-state index is -0.543.